The van der Waals surface area contributed by atoms with Crippen LogP contribution in [0.2, 0.25) is 0 Å². The number of nitrogens with zero attached hydrogens (tertiary/aromatic N) is 1. The van der Waals surface area contributed by atoms with Gasteiger partial charge in [-0.05, 0) is 44.1 Å². The SMILES string of the molecule is C=C1/C=C\C(C(C)CC)=NC(=C)CCCC1. The Morgan fingerprint density at radius 3 is 2.62 bits per heavy atom. The summed E-state index contributed by atoms with van der Waals surface area (Å²) in [6, 6.07) is 0. The Morgan fingerprint density at radius 2 is 1.94 bits per heavy atom. The average molecular weight is 217 g/mol. The highest BCUT2D eigenvalue weighted by molar-refractivity contribution is 5.97. The van der Waals surface area contributed by atoms with E-state index in [1.807, 2.05) is 0 Å². The van der Waals surface area contributed by atoms with Crippen LogP contribution in [0.5, 0.6) is 0 Å². The lowest BCUT2D eigenvalue weighted by molar-refractivity contribution is 0.716. The van der Waals surface area contributed by atoms with E-state index in [4.69, 9.17) is 0 Å². The zero-order valence-corrected chi connectivity index (χ0v) is 10.6. The van der Waals surface area contributed by atoms with Crippen molar-refractivity contribution in [3.63, 3.8) is 0 Å². The first-order valence-corrected chi connectivity index (χ1v) is 6.25. The van der Waals surface area contributed by atoms with Crippen LogP contribution < -0.4 is 0 Å². The van der Waals surface area contributed by atoms with Gasteiger partial charge in [-0.2, -0.15) is 0 Å². The first kappa shape index (κ1) is 13.0. The predicted octanol–water partition coefficient (Wildman–Crippen LogP) is 4.67. The van der Waals surface area contributed by atoms with Crippen molar-refractivity contribution in [1.82, 2.24) is 0 Å². The minimum absolute atomic E-state index is 0.500. The molecule has 1 unspecified atom stereocenters. The summed E-state index contributed by atoms with van der Waals surface area (Å²) < 4.78 is 0. The van der Waals surface area contributed by atoms with E-state index < -0.39 is 0 Å². The number of rotatable bonds is 2. The maximum Gasteiger partial charge on any atom is 0.0434 e. The molecule has 1 heterocycles. The fourth-order valence-electron chi connectivity index (χ4n) is 1.73. The van der Waals surface area contributed by atoms with E-state index in [0.29, 0.717) is 5.92 Å². The molecule has 0 amide bonds. The number of aliphatic imine (C=N–C) groups is 1. The van der Waals surface area contributed by atoms with Crippen LogP contribution in [0.3, 0.4) is 0 Å². The zero-order chi connectivity index (χ0) is 12.0. The molecule has 0 spiro atoms. The minimum atomic E-state index is 0.500. The predicted molar refractivity (Wildman–Crippen MR) is 72.8 cm³/mol. The van der Waals surface area contributed by atoms with E-state index >= 15 is 0 Å². The van der Waals surface area contributed by atoms with Crippen LogP contribution in [0.25, 0.3) is 0 Å². The molecule has 0 fully saturated rings. The van der Waals surface area contributed by atoms with Crippen molar-refractivity contribution < 1.29 is 0 Å². The second kappa shape index (κ2) is 6.47. The van der Waals surface area contributed by atoms with E-state index in [2.05, 4.69) is 44.1 Å². The van der Waals surface area contributed by atoms with Gasteiger partial charge >= 0.3 is 0 Å². The number of hydrogen-bond acceptors (Lipinski definition) is 1. The van der Waals surface area contributed by atoms with Crippen LogP contribution in [-0.2, 0) is 0 Å². The van der Waals surface area contributed by atoms with Gasteiger partial charge in [0.05, 0.1) is 0 Å². The summed E-state index contributed by atoms with van der Waals surface area (Å²) in [6.07, 6.45) is 9.82. The summed E-state index contributed by atoms with van der Waals surface area (Å²) in [4.78, 5) is 4.64. The van der Waals surface area contributed by atoms with Crippen molar-refractivity contribution in [2.75, 3.05) is 0 Å². The maximum atomic E-state index is 4.64. The quantitative estimate of drug-likeness (QED) is 0.637. The normalized spacial score (nSPS) is 22.5. The van der Waals surface area contributed by atoms with Crippen LogP contribution in [0.15, 0.2) is 41.6 Å². The van der Waals surface area contributed by atoms with Gasteiger partial charge in [-0.1, -0.05) is 38.7 Å². The summed E-state index contributed by atoms with van der Waals surface area (Å²) in [6.45, 7) is 12.5. The molecule has 0 N–H and O–H groups in total. The fourth-order valence-corrected chi connectivity index (χ4v) is 1.73. The second-order valence-electron chi connectivity index (χ2n) is 4.61. The molecule has 1 aliphatic rings. The Morgan fingerprint density at radius 1 is 1.25 bits per heavy atom. The lowest BCUT2D eigenvalue weighted by Crippen LogP contribution is -2.08. The Labute approximate surface area is 99.7 Å². The first-order valence-electron chi connectivity index (χ1n) is 6.25. The Bertz CT molecular complexity index is 320. The zero-order valence-electron chi connectivity index (χ0n) is 10.6. The minimum Gasteiger partial charge on any atom is -0.258 e. The van der Waals surface area contributed by atoms with Gasteiger partial charge in [0.2, 0.25) is 0 Å². The Kier molecular flexibility index (Phi) is 5.24. The lowest BCUT2D eigenvalue weighted by atomic mass is 9.99. The van der Waals surface area contributed by atoms with Crippen molar-refractivity contribution >= 4 is 5.71 Å². The second-order valence-corrected chi connectivity index (χ2v) is 4.61. The van der Waals surface area contributed by atoms with Crippen molar-refractivity contribution in [3.05, 3.63) is 36.6 Å². The van der Waals surface area contributed by atoms with Crippen molar-refractivity contribution in [2.24, 2.45) is 10.9 Å². The molecule has 0 radical (unpaired) electrons. The topological polar surface area (TPSA) is 12.4 Å². The smallest absolute Gasteiger partial charge is 0.0434 e. The van der Waals surface area contributed by atoms with E-state index in [1.54, 1.807) is 0 Å². The number of hydrogen-bond donors (Lipinski definition) is 0. The summed E-state index contributed by atoms with van der Waals surface area (Å²) >= 11 is 0. The molecule has 1 aliphatic heterocycles. The lowest BCUT2D eigenvalue weighted by Gasteiger charge is -2.12. The third-order valence-electron chi connectivity index (χ3n) is 3.11. The van der Waals surface area contributed by atoms with Gasteiger partial charge in [0, 0.05) is 11.4 Å². The standard InChI is InChI=1S/C15H23N/c1-5-13(3)15-11-10-12(2)8-6-7-9-14(4)16-15/h10-11,13H,2,4-9H2,1,3H3/b11-10-,16-15?. The molecule has 1 heteroatoms. The summed E-state index contributed by atoms with van der Waals surface area (Å²) in [7, 11) is 0. The first-order chi connectivity index (χ1) is 7.63. The molecular weight excluding hydrogens is 194 g/mol. The van der Waals surface area contributed by atoms with E-state index in [0.717, 1.165) is 30.7 Å². The van der Waals surface area contributed by atoms with Gasteiger partial charge < -0.3 is 0 Å². The highest BCUT2D eigenvalue weighted by Crippen LogP contribution is 2.17. The van der Waals surface area contributed by atoms with Gasteiger partial charge in [0.25, 0.3) is 0 Å². The van der Waals surface area contributed by atoms with Crippen molar-refractivity contribution in [2.45, 2.75) is 46.0 Å². The molecule has 0 aromatic rings. The van der Waals surface area contributed by atoms with Crippen LogP contribution >= 0.6 is 0 Å². The Balaban J connectivity index is 2.88. The molecule has 0 saturated carbocycles. The molecule has 16 heavy (non-hydrogen) atoms. The van der Waals surface area contributed by atoms with Gasteiger partial charge in [0.15, 0.2) is 0 Å². The Hall–Kier alpha value is -1.11. The van der Waals surface area contributed by atoms with Crippen LogP contribution in [0.4, 0.5) is 0 Å². The molecular formula is C15H23N. The highest BCUT2D eigenvalue weighted by atomic mass is 14.8. The van der Waals surface area contributed by atoms with E-state index in [9.17, 15) is 0 Å². The molecule has 0 bridgehead atoms. The summed E-state index contributed by atoms with van der Waals surface area (Å²) in [5, 5.41) is 0. The molecule has 0 aliphatic carbocycles. The summed E-state index contributed by atoms with van der Waals surface area (Å²) in [5.74, 6) is 0.500. The summed E-state index contributed by atoms with van der Waals surface area (Å²) in [5.41, 5.74) is 3.38. The molecule has 1 nitrogen and oxygen atoms in total. The fraction of sp³-hybridized carbons (Fsp3) is 0.533. The van der Waals surface area contributed by atoms with Crippen molar-refractivity contribution in [1.29, 1.82) is 0 Å². The molecule has 88 valence electrons. The monoisotopic (exact) mass is 217 g/mol. The third kappa shape index (κ3) is 4.18. The largest absolute Gasteiger partial charge is 0.258 e. The van der Waals surface area contributed by atoms with Crippen LogP contribution in [0.1, 0.15) is 46.0 Å². The van der Waals surface area contributed by atoms with Gasteiger partial charge in [0.1, 0.15) is 0 Å². The third-order valence-corrected chi connectivity index (χ3v) is 3.11. The molecule has 0 aromatic heterocycles. The molecule has 1 atom stereocenters. The number of allylic oxidation sites excluding steroid dienone is 4. The molecule has 1 rings (SSSR count). The van der Waals surface area contributed by atoms with Gasteiger partial charge in [-0.15, -0.1) is 0 Å². The average Bonchev–Trinajstić information content (AvgIpc) is 2.28. The van der Waals surface area contributed by atoms with Crippen molar-refractivity contribution in [3.8, 4) is 0 Å². The van der Waals surface area contributed by atoms with E-state index in [1.165, 1.54) is 18.4 Å². The van der Waals surface area contributed by atoms with Gasteiger partial charge in [-0.3, -0.25) is 4.99 Å². The van der Waals surface area contributed by atoms with Crippen LogP contribution in [-0.4, -0.2) is 5.71 Å². The molecule has 0 saturated heterocycles. The maximum absolute atomic E-state index is 4.64. The van der Waals surface area contributed by atoms with E-state index in [-0.39, 0.29) is 0 Å². The molecule has 0 aromatic carbocycles. The van der Waals surface area contributed by atoms with Crippen LogP contribution in [0, 0.1) is 5.92 Å². The highest BCUT2D eigenvalue weighted by Gasteiger charge is 2.07. The van der Waals surface area contributed by atoms with Gasteiger partial charge in [-0.25, -0.2) is 0 Å².